The molecule has 0 aliphatic carbocycles. The zero-order valence-electron chi connectivity index (χ0n) is 13.4. The van der Waals surface area contributed by atoms with Crippen molar-refractivity contribution in [3.05, 3.63) is 46.5 Å². The number of benzene rings is 1. The Labute approximate surface area is 136 Å². The molecule has 0 saturated heterocycles. The lowest BCUT2D eigenvalue weighted by Gasteiger charge is -2.07. The highest BCUT2D eigenvalue weighted by Crippen LogP contribution is 2.23. The minimum Gasteiger partial charge on any atom is -0.361 e. The summed E-state index contributed by atoms with van der Waals surface area (Å²) in [6.45, 7) is 3.30. The van der Waals surface area contributed by atoms with Crippen LogP contribution in [0.25, 0.3) is 0 Å². The van der Waals surface area contributed by atoms with Crippen molar-refractivity contribution in [2.45, 2.75) is 19.8 Å². The van der Waals surface area contributed by atoms with E-state index in [4.69, 9.17) is 0 Å². The lowest BCUT2D eigenvalue weighted by atomic mass is 10.1. The summed E-state index contributed by atoms with van der Waals surface area (Å²) >= 11 is 1.59. The van der Waals surface area contributed by atoms with Gasteiger partial charge in [0.05, 0.1) is 12.2 Å². The quantitative estimate of drug-likeness (QED) is 0.813. The van der Waals surface area contributed by atoms with Crippen LogP contribution in [0.1, 0.15) is 16.1 Å². The van der Waals surface area contributed by atoms with Crippen LogP contribution >= 0.6 is 11.3 Å². The number of aromatic nitrogens is 1. The van der Waals surface area contributed by atoms with E-state index >= 15 is 0 Å². The molecule has 118 valence electrons. The minimum absolute atomic E-state index is 0.229. The third-order valence-corrected chi connectivity index (χ3v) is 4.39. The molecule has 1 aromatic heterocycles. The van der Waals surface area contributed by atoms with Crippen LogP contribution in [0, 0.1) is 6.92 Å². The molecule has 2 rings (SSSR count). The molecule has 0 atom stereocenters. The molecular formula is C17H23N3OS. The van der Waals surface area contributed by atoms with Gasteiger partial charge in [-0.2, -0.15) is 0 Å². The van der Waals surface area contributed by atoms with Crippen LogP contribution in [0.3, 0.4) is 0 Å². The van der Waals surface area contributed by atoms with Crippen LogP contribution in [0.4, 0.5) is 5.13 Å². The first-order valence-corrected chi connectivity index (χ1v) is 8.27. The number of hydrogen-bond acceptors (Lipinski definition) is 5. The number of carbonyl (C=O) groups excluding carboxylic acids is 1. The Morgan fingerprint density at radius 3 is 2.68 bits per heavy atom. The number of likely N-dealkylation sites (N-methyl/N-ethyl adjacent to an activating group) is 1. The fourth-order valence-corrected chi connectivity index (χ4v) is 3.23. The van der Waals surface area contributed by atoms with Crippen LogP contribution in [0.2, 0.25) is 0 Å². The number of aryl methyl sites for hydroxylation is 1. The maximum absolute atomic E-state index is 11.9. The van der Waals surface area contributed by atoms with Gasteiger partial charge >= 0.3 is 0 Å². The Morgan fingerprint density at radius 2 is 2.00 bits per heavy atom. The van der Waals surface area contributed by atoms with Crippen LogP contribution in [0.15, 0.2) is 30.3 Å². The van der Waals surface area contributed by atoms with Gasteiger partial charge in [-0.3, -0.25) is 4.79 Å². The molecule has 1 heterocycles. The fraction of sp³-hybridized carbons (Fsp3) is 0.412. The van der Waals surface area contributed by atoms with Gasteiger partial charge in [0.25, 0.3) is 0 Å². The van der Waals surface area contributed by atoms with E-state index in [2.05, 4.69) is 34.6 Å². The summed E-state index contributed by atoms with van der Waals surface area (Å²) in [7, 11) is 3.82. The SMILES string of the molecule is Cc1nc(NCCc2ccccc2)sc1CC(=O)CN(C)C. The van der Waals surface area contributed by atoms with Crippen LogP contribution in [0.5, 0.6) is 0 Å². The molecule has 1 aromatic carbocycles. The Bertz CT molecular complexity index is 608. The summed E-state index contributed by atoms with van der Waals surface area (Å²) in [6, 6.07) is 10.4. The van der Waals surface area contributed by atoms with Gasteiger partial charge in [-0.15, -0.1) is 11.3 Å². The summed E-state index contributed by atoms with van der Waals surface area (Å²) in [5.41, 5.74) is 2.27. The van der Waals surface area contributed by atoms with E-state index in [-0.39, 0.29) is 5.78 Å². The minimum atomic E-state index is 0.229. The van der Waals surface area contributed by atoms with Crippen molar-refractivity contribution >= 4 is 22.3 Å². The van der Waals surface area contributed by atoms with E-state index in [9.17, 15) is 4.79 Å². The van der Waals surface area contributed by atoms with Gasteiger partial charge in [0, 0.05) is 17.8 Å². The normalized spacial score (nSPS) is 10.9. The highest BCUT2D eigenvalue weighted by Gasteiger charge is 2.12. The van der Waals surface area contributed by atoms with Crippen molar-refractivity contribution in [2.75, 3.05) is 32.5 Å². The van der Waals surface area contributed by atoms with Crippen molar-refractivity contribution in [1.82, 2.24) is 9.88 Å². The standard InChI is InChI=1S/C17H23N3OS/c1-13-16(11-15(21)12-20(2)3)22-17(19-13)18-10-9-14-7-5-4-6-8-14/h4-8H,9-12H2,1-3H3,(H,18,19). The number of Topliss-reactive ketones (excluding diaryl/α,β-unsaturated/α-hetero) is 1. The maximum Gasteiger partial charge on any atom is 0.183 e. The van der Waals surface area contributed by atoms with Crippen molar-refractivity contribution in [3.8, 4) is 0 Å². The first-order valence-electron chi connectivity index (χ1n) is 7.45. The molecule has 22 heavy (non-hydrogen) atoms. The van der Waals surface area contributed by atoms with Crippen LogP contribution in [-0.2, 0) is 17.6 Å². The lowest BCUT2D eigenvalue weighted by molar-refractivity contribution is -0.118. The number of hydrogen-bond donors (Lipinski definition) is 1. The molecule has 0 amide bonds. The molecule has 0 saturated carbocycles. The molecule has 4 nitrogen and oxygen atoms in total. The van der Waals surface area contributed by atoms with Gasteiger partial charge in [-0.05, 0) is 33.0 Å². The van der Waals surface area contributed by atoms with E-state index in [0.717, 1.165) is 28.7 Å². The molecule has 0 unspecified atom stereocenters. The van der Waals surface area contributed by atoms with E-state index in [1.807, 2.05) is 32.0 Å². The topological polar surface area (TPSA) is 45.2 Å². The molecule has 5 heteroatoms. The highest BCUT2D eigenvalue weighted by atomic mass is 32.1. The predicted molar refractivity (Wildman–Crippen MR) is 92.8 cm³/mol. The fourth-order valence-electron chi connectivity index (χ4n) is 2.21. The number of rotatable bonds is 8. The molecule has 0 bridgehead atoms. The third kappa shape index (κ3) is 5.24. The number of thiazole rings is 1. The molecule has 0 aliphatic rings. The largest absolute Gasteiger partial charge is 0.361 e. The monoisotopic (exact) mass is 317 g/mol. The van der Waals surface area contributed by atoms with Crippen molar-refractivity contribution in [2.24, 2.45) is 0 Å². The van der Waals surface area contributed by atoms with Gasteiger partial charge in [0.15, 0.2) is 10.9 Å². The number of ketones is 1. The second-order valence-electron chi connectivity index (χ2n) is 5.64. The smallest absolute Gasteiger partial charge is 0.183 e. The predicted octanol–water partition coefficient (Wildman–Crippen LogP) is 2.78. The first-order chi connectivity index (χ1) is 10.5. The van der Waals surface area contributed by atoms with Gasteiger partial charge in [-0.25, -0.2) is 4.98 Å². The second-order valence-corrected chi connectivity index (χ2v) is 6.73. The molecule has 1 N–H and O–H groups in total. The molecule has 0 radical (unpaired) electrons. The van der Waals surface area contributed by atoms with Crippen molar-refractivity contribution in [1.29, 1.82) is 0 Å². The third-order valence-electron chi connectivity index (χ3n) is 3.28. The maximum atomic E-state index is 11.9. The zero-order chi connectivity index (χ0) is 15.9. The molecule has 0 spiro atoms. The lowest BCUT2D eigenvalue weighted by Crippen LogP contribution is -2.22. The average molecular weight is 317 g/mol. The van der Waals surface area contributed by atoms with Gasteiger partial charge in [0.2, 0.25) is 0 Å². The number of carbonyl (C=O) groups is 1. The molecule has 0 fully saturated rings. The van der Waals surface area contributed by atoms with Crippen molar-refractivity contribution < 1.29 is 4.79 Å². The average Bonchev–Trinajstić information content (AvgIpc) is 2.79. The van der Waals surface area contributed by atoms with E-state index in [1.54, 1.807) is 11.3 Å². The Balaban J connectivity index is 1.85. The highest BCUT2D eigenvalue weighted by molar-refractivity contribution is 7.15. The van der Waals surface area contributed by atoms with Crippen LogP contribution in [-0.4, -0.2) is 42.9 Å². The number of anilines is 1. The van der Waals surface area contributed by atoms with Crippen LogP contribution < -0.4 is 5.32 Å². The summed E-state index contributed by atoms with van der Waals surface area (Å²) < 4.78 is 0. The van der Waals surface area contributed by atoms with E-state index in [1.165, 1.54) is 5.56 Å². The van der Waals surface area contributed by atoms with Gasteiger partial charge in [-0.1, -0.05) is 30.3 Å². The summed E-state index contributed by atoms with van der Waals surface area (Å²) in [5.74, 6) is 0.229. The van der Waals surface area contributed by atoms with Gasteiger partial charge in [0.1, 0.15) is 0 Å². The molecular weight excluding hydrogens is 294 g/mol. The first kappa shape index (κ1) is 16.6. The van der Waals surface area contributed by atoms with E-state index in [0.29, 0.717) is 13.0 Å². The summed E-state index contributed by atoms with van der Waals surface area (Å²) in [6.07, 6.45) is 1.44. The van der Waals surface area contributed by atoms with E-state index < -0.39 is 0 Å². The number of nitrogens with zero attached hydrogens (tertiary/aromatic N) is 2. The Hall–Kier alpha value is -1.72. The van der Waals surface area contributed by atoms with Crippen molar-refractivity contribution in [3.63, 3.8) is 0 Å². The Kier molecular flexibility index (Phi) is 6.10. The number of nitrogens with one attached hydrogen (secondary N) is 1. The summed E-state index contributed by atoms with van der Waals surface area (Å²) in [5, 5.41) is 4.26. The molecule has 2 aromatic rings. The van der Waals surface area contributed by atoms with Gasteiger partial charge < -0.3 is 10.2 Å². The zero-order valence-corrected chi connectivity index (χ0v) is 14.2. The summed E-state index contributed by atoms with van der Waals surface area (Å²) in [4.78, 5) is 19.4. The second kappa shape index (κ2) is 8.06. The molecule has 0 aliphatic heterocycles. The Morgan fingerprint density at radius 1 is 1.27 bits per heavy atom.